The van der Waals surface area contributed by atoms with E-state index >= 15 is 0 Å². The van der Waals surface area contributed by atoms with Crippen LogP contribution in [0.3, 0.4) is 0 Å². The number of methoxy groups -OCH3 is 2. The standard InChI is InChI=1S/C26H24N2O5/c1-16-8-7-11-18(14-16)27-25(29)22-23(20-13-12-19(31-2)15-21(20)32-3)28(33-24(22)26(27)30)17-9-5-4-6-10-17/h4-15,22-24H,1-3H3/t22-,23-,24-/m1/s1. The van der Waals surface area contributed by atoms with Gasteiger partial charge in [-0.05, 0) is 48.9 Å². The lowest BCUT2D eigenvalue weighted by Gasteiger charge is -2.29. The van der Waals surface area contributed by atoms with E-state index in [0.717, 1.165) is 16.8 Å². The number of benzene rings is 3. The number of amides is 2. The van der Waals surface area contributed by atoms with E-state index in [9.17, 15) is 9.59 Å². The van der Waals surface area contributed by atoms with Gasteiger partial charge in [-0.3, -0.25) is 14.4 Å². The van der Waals surface area contributed by atoms with Crippen molar-refractivity contribution in [2.24, 2.45) is 5.92 Å². The van der Waals surface area contributed by atoms with Crippen molar-refractivity contribution in [3.63, 3.8) is 0 Å². The van der Waals surface area contributed by atoms with Gasteiger partial charge in [-0.2, -0.15) is 0 Å². The van der Waals surface area contributed by atoms with Crippen LogP contribution in [0.15, 0.2) is 72.8 Å². The zero-order chi connectivity index (χ0) is 23.1. The monoisotopic (exact) mass is 444 g/mol. The molecule has 33 heavy (non-hydrogen) atoms. The number of carbonyl (C=O) groups excluding carboxylic acids is 2. The maximum atomic E-state index is 13.7. The molecule has 2 heterocycles. The first-order valence-corrected chi connectivity index (χ1v) is 10.7. The molecule has 2 fully saturated rings. The first-order chi connectivity index (χ1) is 16.0. The smallest absolute Gasteiger partial charge is 0.266 e. The van der Waals surface area contributed by atoms with Gasteiger partial charge in [0.1, 0.15) is 17.4 Å². The van der Waals surface area contributed by atoms with E-state index in [0.29, 0.717) is 17.2 Å². The predicted molar refractivity (Wildman–Crippen MR) is 123 cm³/mol. The van der Waals surface area contributed by atoms with Crippen molar-refractivity contribution in [2.45, 2.75) is 19.1 Å². The molecule has 0 radical (unpaired) electrons. The molecular weight excluding hydrogens is 420 g/mol. The maximum absolute atomic E-state index is 13.7. The number of fused-ring (bicyclic) bond motifs is 1. The van der Waals surface area contributed by atoms with E-state index in [1.54, 1.807) is 31.4 Å². The Hall–Kier alpha value is -3.84. The lowest BCUT2D eigenvalue weighted by Crippen LogP contribution is -2.37. The molecule has 0 unspecified atom stereocenters. The topological polar surface area (TPSA) is 68.3 Å². The Morgan fingerprint density at radius 2 is 1.58 bits per heavy atom. The second-order valence-electron chi connectivity index (χ2n) is 8.12. The molecule has 0 spiro atoms. The molecule has 2 amide bonds. The van der Waals surface area contributed by atoms with E-state index in [1.807, 2.05) is 67.6 Å². The maximum Gasteiger partial charge on any atom is 0.266 e. The third-order valence-corrected chi connectivity index (χ3v) is 6.15. The number of hydroxylamine groups is 1. The Bertz CT molecular complexity index is 1210. The number of rotatable bonds is 5. The summed E-state index contributed by atoms with van der Waals surface area (Å²) < 4.78 is 11.0. The molecule has 168 valence electrons. The van der Waals surface area contributed by atoms with E-state index in [1.165, 1.54) is 4.90 Å². The van der Waals surface area contributed by atoms with Crippen LogP contribution < -0.4 is 19.4 Å². The molecule has 2 saturated heterocycles. The molecular formula is C26H24N2O5. The van der Waals surface area contributed by atoms with Gasteiger partial charge in [0.2, 0.25) is 5.91 Å². The molecule has 7 heteroatoms. The van der Waals surface area contributed by atoms with Crippen molar-refractivity contribution in [3.8, 4) is 11.5 Å². The van der Waals surface area contributed by atoms with Crippen LogP contribution in [0.1, 0.15) is 17.2 Å². The number of aryl methyl sites for hydroxylation is 1. The molecule has 0 aromatic heterocycles. The Labute approximate surface area is 192 Å². The first kappa shape index (κ1) is 21.0. The molecule has 3 aromatic rings. The highest BCUT2D eigenvalue weighted by Crippen LogP contribution is 2.49. The Kier molecular flexibility index (Phi) is 5.26. The summed E-state index contributed by atoms with van der Waals surface area (Å²) in [6.45, 7) is 1.92. The number of hydrogen-bond acceptors (Lipinski definition) is 6. The zero-order valence-electron chi connectivity index (χ0n) is 18.6. The number of anilines is 2. The minimum atomic E-state index is -0.935. The third kappa shape index (κ3) is 3.41. The van der Waals surface area contributed by atoms with Crippen LogP contribution in [-0.2, 0) is 14.4 Å². The number of nitrogens with zero attached hydrogens (tertiary/aromatic N) is 2. The van der Waals surface area contributed by atoms with Gasteiger partial charge < -0.3 is 9.47 Å². The number of carbonyl (C=O) groups is 2. The summed E-state index contributed by atoms with van der Waals surface area (Å²) in [5.74, 6) is -0.213. The van der Waals surface area contributed by atoms with Gasteiger partial charge in [-0.15, -0.1) is 0 Å². The van der Waals surface area contributed by atoms with Gasteiger partial charge in [-0.25, -0.2) is 9.96 Å². The second-order valence-corrected chi connectivity index (χ2v) is 8.12. The average molecular weight is 444 g/mol. The number of ether oxygens (including phenoxy) is 2. The fraction of sp³-hybridized carbons (Fsp3) is 0.231. The summed E-state index contributed by atoms with van der Waals surface area (Å²) in [6.07, 6.45) is -0.935. The van der Waals surface area contributed by atoms with E-state index in [2.05, 4.69) is 0 Å². The molecule has 3 atom stereocenters. The van der Waals surface area contributed by atoms with Crippen LogP contribution in [0.5, 0.6) is 11.5 Å². The third-order valence-electron chi connectivity index (χ3n) is 6.15. The van der Waals surface area contributed by atoms with Gasteiger partial charge in [0.25, 0.3) is 5.91 Å². The largest absolute Gasteiger partial charge is 0.497 e. The van der Waals surface area contributed by atoms with E-state index in [4.69, 9.17) is 14.3 Å². The SMILES string of the molecule is COc1ccc([C@@H]2[C@H]3C(=O)N(c4cccc(C)c4)C(=O)[C@@H]3ON2c2ccccc2)c(OC)c1. The van der Waals surface area contributed by atoms with Gasteiger partial charge in [-0.1, -0.05) is 30.3 Å². The molecule has 5 rings (SSSR count). The van der Waals surface area contributed by atoms with Crippen LogP contribution in [0.4, 0.5) is 11.4 Å². The van der Waals surface area contributed by atoms with E-state index in [-0.39, 0.29) is 11.8 Å². The Morgan fingerprint density at radius 3 is 2.27 bits per heavy atom. The van der Waals surface area contributed by atoms with Crippen LogP contribution in [0.25, 0.3) is 0 Å². The normalized spacial score (nSPS) is 22.0. The summed E-state index contributed by atoms with van der Waals surface area (Å²) in [5.41, 5.74) is 3.00. The number of para-hydroxylation sites is 1. The van der Waals surface area contributed by atoms with Crippen molar-refractivity contribution in [1.29, 1.82) is 0 Å². The molecule has 0 aliphatic carbocycles. The van der Waals surface area contributed by atoms with Gasteiger partial charge in [0.05, 0.1) is 31.6 Å². The van der Waals surface area contributed by atoms with Gasteiger partial charge in [0.15, 0.2) is 6.10 Å². The summed E-state index contributed by atoms with van der Waals surface area (Å²) in [5, 5.41) is 1.66. The van der Waals surface area contributed by atoms with Crippen molar-refractivity contribution in [1.82, 2.24) is 0 Å². The molecule has 0 saturated carbocycles. The molecule has 7 nitrogen and oxygen atoms in total. The fourth-order valence-corrected chi connectivity index (χ4v) is 4.61. The highest BCUT2D eigenvalue weighted by molar-refractivity contribution is 6.24. The average Bonchev–Trinajstić information content (AvgIpc) is 3.35. The quantitative estimate of drug-likeness (QED) is 0.553. The van der Waals surface area contributed by atoms with E-state index < -0.39 is 18.1 Å². The predicted octanol–water partition coefficient (Wildman–Crippen LogP) is 4.06. The lowest BCUT2D eigenvalue weighted by molar-refractivity contribution is -0.126. The van der Waals surface area contributed by atoms with Crippen molar-refractivity contribution >= 4 is 23.2 Å². The highest BCUT2D eigenvalue weighted by Gasteiger charge is 2.60. The Morgan fingerprint density at radius 1 is 0.818 bits per heavy atom. The van der Waals surface area contributed by atoms with Crippen molar-refractivity contribution in [2.75, 3.05) is 24.2 Å². The summed E-state index contributed by atoms with van der Waals surface area (Å²) in [7, 11) is 3.15. The molecule has 0 bridgehead atoms. The fourth-order valence-electron chi connectivity index (χ4n) is 4.61. The van der Waals surface area contributed by atoms with Crippen LogP contribution in [-0.4, -0.2) is 32.1 Å². The second kappa shape index (κ2) is 8.26. The van der Waals surface area contributed by atoms with Gasteiger partial charge >= 0.3 is 0 Å². The number of hydrogen-bond donors (Lipinski definition) is 0. The zero-order valence-corrected chi connectivity index (χ0v) is 18.6. The number of imide groups is 1. The van der Waals surface area contributed by atoms with Gasteiger partial charge in [0, 0.05) is 11.6 Å². The summed E-state index contributed by atoms with van der Waals surface area (Å²) in [4.78, 5) is 34.6. The minimum absolute atomic E-state index is 0.295. The minimum Gasteiger partial charge on any atom is -0.497 e. The molecule has 2 aliphatic rings. The lowest BCUT2D eigenvalue weighted by atomic mass is 9.90. The summed E-state index contributed by atoms with van der Waals surface area (Å²) >= 11 is 0. The first-order valence-electron chi connectivity index (χ1n) is 10.7. The van der Waals surface area contributed by atoms with Crippen LogP contribution in [0, 0.1) is 12.8 Å². The van der Waals surface area contributed by atoms with Crippen molar-refractivity contribution in [3.05, 3.63) is 83.9 Å². The van der Waals surface area contributed by atoms with Crippen LogP contribution >= 0.6 is 0 Å². The van der Waals surface area contributed by atoms with Crippen molar-refractivity contribution < 1.29 is 23.9 Å². The van der Waals surface area contributed by atoms with Crippen LogP contribution in [0.2, 0.25) is 0 Å². The summed E-state index contributed by atoms with van der Waals surface area (Å²) in [6, 6.07) is 21.7. The molecule has 0 N–H and O–H groups in total. The molecule has 3 aromatic carbocycles. The Balaban J connectivity index is 1.62. The highest BCUT2D eigenvalue weighted by atomic mass is 16.7. The molecule has 2 aliphatic heterocycles.